The van der Waals surface area contributed by atoms with Crippen LogP contribution in [0.1, 0.15) is 12.0 Å². The van der Waals surface area contributed by atoms with Gasteiger partial charge in [-0.25, -0.2) is 4.79 Å². The van der Waals surface area contributed by atoms with Crippen molar-refractivity contribution in [2.45, 2.75) is 13.3 Å². The zero-order valence-corrected chi connectivity index (χ0v) is 11.3. The lowest BCUT2D eigenvalue weighted by Gasteiger charge is -2.10. The molecule has 4 nitrogen and oxygen atoms in total. The van der Waals surface area contributed by atoms with Crippen LogP contribution >= 0.6 is 0 Å². The van der Waals surface area contributed by atoms with Crippen molar-refractivity contribution in [3.05, 3.63) is 29.8 Å². The Balaban J connectivity index is 2.15. The first kappa shape index (κ1) is 14.5. The summed E-state index contributed by atoms with van der Waals surface area (Å²) in [4.78, 5) is 13.4. The van der Waals surface area contributed by atoms with Gasteiger partial charge in [0.05, 0.1) is 6.61 Å². The van der Waals surface area contributed by atoms with Gasteiger partial charge in [-0.15, -0.1) is 0 Å². The lowest BCUT2D eigenvalue weighted by Crippen LogP contribution is -2.19. The SMILES string of the molecule is Cc1ccc(OCC(=O)OCCCN(C)C)cc1. The van der Waals surface area contributed by atoms with Crippen LogP contribution < -0.4 is 4.74 Å². The van der Waals surface area contributed by atoms with Gasteiger partial charge in [0, 0.05) is 6.54 Å². The number of ether oxygens (including phenoxy) is 2. The van der Waals surface area contributed by atoms with Crippen molar-refractivity contribution >= 4 is 5.97 Å². The highest BCUT2D eigenvalue weighted by atomic mass is 16.6. The van der Waals surface area contributed by atoms with Gasteiger partial charge < -0.3 is 14.4 Å². The Labute approximate surface area is 108 Å². The molecule has 1 aromatic carbocycles. The Morgan fingerprint density at radius 3 is 2.50 bits per heavy atom. The van der Waals surface area contributed by atoms with Gasteiger partial charge >= 0.3 is 5.97 Å². The number of nitrogens with zero attached hydrogens (tertiary/aromatic N) is 1. The average molecular weight is 251 g/mol. The quantitative estimate of drug-likeness (QED) is 0.548. The molecule has 0 saturated heterocycles. The Morgan fingerprint density at radius 2 is 1.89 bits per heavy atom. The molecule has 1 rings (SSSR count). The molecular formula is C14H21NO3. The second-order valence-corrected chi connectivity index (χ2v) is 4.48. The van der Waals surface area contributed by atoms with E-state index in [-0.39, 0.29) is 12.6 Å². The van der Waals surface area contributed by atoms with E-state index in [1.54, 1.807) is 0 Å². The molecule has 0 aliphatic heterocycles. The van der Waals surface area contributed by atoms with Crippen LogP contribution in [-0.4, -0.2) is 44.7 Å². The van der Waals surface area contributed by atoms with E-state index in [4.69, 9.17) is 9.47 Å². The Kier molecular flexibility index (Phi) is 6.22. The normalized spacial score (nSPS) is 10.4. The standard InChI is InChI=1S/C14H21NO3/c1-12-5-7-13(8-6-12)18-11-14(16)17-10-4-9-15(2)3/h5-8H,4,9-11H2,1-3H3. The Hall–Kier alpha value is -1.55. The second kappa shape index (κ2) is 7.71. The van der Waals surface area contributed by atoms with E-state index in [1.165, 1.54) is 0 Å². The lowest BCUT2D eigenvalue weighted by molar-refractivity contribution is -0.146. The van der Waals surface area contributed by atoms with Gasteiger partial charge in [0.2, 0.25) is 0 Å². The average Bonchev–Trinajstić information content (AvgIpc) is 2.34. The van der Waals surface area contributed by atoms with Crippen molar-refractivity contribution in [3.8, 4) is 5.75 Å². The number of aryl methyl sites for hydroxylation is 1. The summed E-state index contributed by atoms with van der Waals surface area (Å²) in [6, 6.07) is 7.57. The second-order valence-electron chi connectivity index (χ2n) is 4.48. The third-order valence-corrected chi connectivity index (χ3v) is 2.39. The molecule has 0 heterocycles. The molecule has 18 heavy (non-hydrogen) atoms. The number of hydrogen-bond acceptors (Lipinski definition) is 4. The van der Waals surface area contributed by atoms with E-state index in [2.05, 4.69) is 4.90 Å². The van der Waals surface area contributed by atoms with Crippen LogP contribution in [-0.2, 0) is 9.53 Å². The number of carbonyl (C=O) groups excluding carboxylic acids is 1. The minimum atomic E-state index is -0.325. The Morgan fingerprint density at radius 1 is 1.22 bits per heavy atom. The summed E-state index contributed by atoms with van der Waals surface area (Å²) in [5.74, 6) is 0.361. The highest BCUT2D eigenvalue weighted by Crippen LogP contribution is 2.11. The first-order valence-electron chi connectivity index (χ1n) is 6.08. The molecule has 0 spiro atoms. The van der Waals surface area contributed by atoms with Crippen molar-refractivity contribution in [3.63, 3.8) is 0 Å². The van der Waals surface area contributed by atoms with Gasteiger partial charge in [0.25, 0.3) is 0 Å². The molecule has 0 N–H and O–H groups in total. The first-order valence-corrected chi connectivity index (χ1v) is 6.08. The van der Waals surface area contributed by atoms with Gasteiger partial charge in [-0.3, -0.25) is 0 Å². The predicted molar refractivity (Wildman–Crippen MR) is 70.8 cm³/mol. The zero-order chi connectivity index (χ0) is 13.4. The predicted octanol–water partition coefficient (Wildman–Crippen LogP) is 1.87. The third-order valence-electron chi connectivity index (χ3n) is 2.39. The lowest BCUT2D eigenvalue weighted by atomic mass is 10.2. The van der Waals surface area contributed by atoms with Crippen LogP contribution in [0.3, 0.4) is 0 Å². The van der Waals surface area contributed by atoms with Gasteiger partial charge in [0.1, 0.15) is 5.75 Å². The molecule has 0 unspecified atom stereocenters. The van der Waals surface area contributed by atoms with Crippen LogP contribution in [0.4, 0.5) is 0 Å². The largest absolute Gasteiger partial charge is 0.482 e. The van der Waals surface area contributed by atoms with E-state index in [0.717, 1.165) is 18.5 Å². The van der Waals surface area contributed by atoms with E-state index < -0.39 is 0 Å². The number of hydrogen-bond donors (Lipinski definition) is 0. The Bertz CT molecular complexity index is 360. The summed E-state index contributed by atoms with van der Waals surface area (Å²) in [6.45, 7) is 3.31. The summed E-state index contributed by atoms with van der Waals surface area (Å²) < 4.78 is 10.4. The van der Waals surface area contributed by atoms with Gasteiger partial charge in [0.15, 0.2) is 6.61 Å². The molecular weight excluding hydrogens is 230 g/mol. The summed E-state index contributed by atoms with van der Waals surface area (Å²) in [7, 11) is 3.98. The van der Waals surface area contributed by atoms with E-state index in [9.17, 15) is 4.79 Å². The molecule has 4 heteroatoms. The maximum absolute atomic E-state index is 11.4. The molecule has 0 saturated carbocycles. The summed E-state index contributed by atoms with van der Waals surface area (Å²) in [6.07, 6.45) is 0.837. The fourth-order valence-corrected chi connectivity index (χ4v) is 1.39. The molecule has 1 aromatic rings. The van der Waals surface area contributed by atoms with Crippen LogP contribution in [0.15, 0.2) is 24.3 Å². The number of rotatable bonds is 7. The van der Waals surface area contributed by atoms with Crippen LogP contribution in [0.25, 0.3) is 0 Å². The van der Waals surface area contributed by atoms with Crippen molar-refractivity contribution in [2.75, 3.05) is 33.9 Å². The van der Waals surface area contributed by atoms with Crippen LogP contribution in [0.5, 0.6) is 5.75 Å². The zero-order valence-electron chi connectivity index (χ0n) is 11.3. The molecule has 0 radical (unpaired) electrons. The van der Waals surface area contributed by atoms with E-state index >= 15 is 0 Å². The fourth-order valence-electron chi connectivity index (χ4n) is 1.39. The van der Waals surface area contributed by atoms with Crippen molar-refractivity contribution in [2.24, 2.45) is 0 Å². The summed E-state index contributed by atoms with van der Waals surface area (Å²) in [5, 5.41) is 0. The van der Waals surface area contributed by atoms with E-state index in [0.29, 0.717) is 12.4 Å². The molecule has 0 aliphatic rings. The molecule has 0 fully saturated rings. The van der Waals surface area contributed by atoms with Crippen LogP contribution in [0, 0.1) is 6.92 Å². The number of carbonyl (C=O) groups is 1. The fraction of sp³-hybridized carbons (Fsp3) is 0.500. The van der Waals surface area contributed by atoms with E-state index in [1.807, 2.05) is 45.3 Å². The van der Waals surface area contributed by atoms with Crippen molar-refractivity contribution < 1.29 is 14.3 Å². The number of esters is 1. The molecule has 0 atom stereocenters. The maximum atomic E-state index is 11.4. The first-order chi connectivity index (χ1) is 8.58. The highest BCUT2D eigenvalue weighted by molar-refractivity contribution is 5.71. The number of benzene rings is 1. The minimum Gasteiger partial charge on any atom is -0.482 e. The minimum absolute atomic E-state index is 0.0367. The van der Waals surface area contributed by atoms with Crippen molar-refractivity contribution in [1.29, 1.82) is 0 Å². The highest BCUT2D eigenvalue weighted by Gasteiger charge is 2.04. The third kappa shape index (κ3) is 6.25. The smallest absolute Gasteiger partial charge is 0.344 e. The molecule has 0 bridgehead atoms. The maximum Gasteiger partial charge on any atom is 0.344 e. The summed E-state index contributed by atoms with van der Waals surface area (Å²) >= 11 is 0. The summed E-state index contributed by atoms with van der Waals surface area (Å²) in [5.41, 5.74) is 1.16. The molecule has 0 amide bonds. The monoisotopic (exact) mass is 251 g/mol. The van der Waals surface area contributed by atoms with Gasteiger partial charge in [-0.2, -0.15) is 0 Å². The topological polar surface area (TPSA) is 38.8 Å². The van der Waals surface area contributed by atoms with Crippen LogP contribution in [0.2, 0.25) is 0 Å². The van der Waals surface area contributed by atoms with Gasteiger partial charge in [-0.05, 0) is 39.6 Å². The van der Waals surface area contributed by atoms with Crippen molar-refractivity contribution in [1.82, 2.24) is 4.90 Å². The molecule has 0 aliphatic carbocycles. The molecule has 100 valence electrons. The molecule has 0 aromatic heterocycles. The van der Waals surface area contributed by atoms with Gasteiger partial charge in [-0.1, -0.05) is 17.7 Å².